The van der Waals surface area contributed by atoms with Gasteiger partial charge in [-0.3, -0.25) is 0 Å². The number of halogens is 3. The summed E-state index contributed by atoms with van der Waals surface area (Å²) in [7, 11) is 1.63. The highest BCUT2D eigenvalue weighted by molar-refractivity contribution is 6.42. The lowest BCUT2D eigenvalue weighted by molar-refractivity contribution is 0.414. The minimum atomic E-state index is -0.427. The lowest BCUT2D eigenvalue weighted by Gasteiger charge is -2.10. The van der Waals surface area contributed by atoms with E-state index < -0.39 is 5.82 Å². The number of nitrogens with zero attached hydrogens (tertiary/aromatic N) is 4. The van der Waals surface area contributed by atoms with Crippen LogP contribution in [0.4, 0.5) is 16.2 Å². The van der Waals surface area contributed by atoms with E-state index in [4.69, 9.17) is 33.7 Å². The number of hydrogen-bond donors (Lipinski definition) is 2. The van der Waals surface area contributed by atoms with Gasteiger partial charge in [0, 0.05) is 12.1 Å². The maximum Gasteiger partial charge on any atom is 0.225 e. The lowest BCUT2D eigenvalue weighted by atomic mass is 10.1. The van der Waals surface area contributed by atoms with E-state index in [0.29, 0.717) is 50.5 Å². The first-order valence-corrected chi connectivity index (χ1v) is 11.8. The highest BCUT2D eigenvalue weighted by Gasteiger charge is 2.21. The molecule has 0 atom stereocenters. The molecule has 0 aliphatic rings. The zero-order chi connectivity index (χ0) is 25.2. The van der Waals surface area contributed by atoms with Crippen LogP contribution in [0.3, 0.4) is 0 Å². The number of nitrogens with two attached hydrogens (primary N) is 1. The lowest BCUT2D eigenvalue weighted by Crippen LogP contribution is -2.09. The van der Waals surface area contributed by atoms with Gasteiger partial charge in [0.05, 0.1) is 33.9 Å². The number of rotatable bonds is 7. The molecule has 3 aromatic carbocycles. The number of anilines is 2. The Hall–Kier alpha value is -3.88. The third-order valence-corrected chi connectivity index (χ3v) is 6.44. The molecule has 0 aliphatic heterocycles. The molecule has 0 amide bonds. The smallest absolute Gasteiger partial charge is 0.225 e. The Bertz CT molecular complexity index is 1550. The molecule has 2 aromatic heterocycles. The Labute approximate surface area is 216 Å². The highest BCUT2D eigenvalue weighted by atomic mass is 35.5. The number of nitrogen functional groups attached to an aromatic ring is 1. The second-order valence-electron chi connectivity index (χ2n) is 7.99. The van der Waals surface area contributed by atoms with Gasteiger partial charge in [-0.05, 0) is 54.4 Å². The van der Waals surface area contributed by atoms with Crippen molar-refractivity contribution in [3.05, 3.63) is 88.2 Å². The van der Waals surface area contributed by atoms with Gasteiger partial charge in [-0.2, -0.15) is 4.98 Å². The van der Waals surface area contributed by atoms with Crippen LogP contribution in [0, 0.1) is 5.82 Å². The first kappa shape index (κ1) is 23.8. The van der Waals surface area contributed by atoms with E-state index in [-0.39, 0.29) is 5.82 Å². The third kappa shape index (κ3) is 4.65. The van der Waals surface area contributed by atoms with Crippen LogP contribution < -0.4 is 15.8 Å². The standard InChI is InChI=1S/C26H21Cl2FN6O/c1-36-17-9-6-15(7-10-17)12-13-31-26-32-23(18-4-2-3-5-21(18)29)22-24(30)35(34-25(22)33-26)16-8-11-19(27)20(28)14-16/h2-11,14H,12-13,30H2,1H3,(H,31,33,34). The summed E-state index contributed by atoms with van der Waals surface area (Å²) >= 11 is 12.3. The van der Waals surface area contributed by atoms with E-state index in [9.17, 15) is 4.39 Å². The summed E-state index contributed by atoms with van der Waals surface area (Å²) in [5, 5.41) is 9.00. The molecule has 2 heterocycles. The van der Waals surface area contributed by atoms with E-state index in [0.717, 1.165) is 17.7 Å². The summed E-state index contributed by atoms with van der Waals surface area (Å²) < 4.78 is 21.5. The predicted molar refractivity (Wildman–Crippen MR) is 142 cm³/mol. The summed E-state index contributed by atoms with van der Waals surface area (Å²) in [4.78, 5) is 9.19. The second kappa shape index (κ2) is 10.0. The molecular formula is C26H21Cl2FN6O. The molecule has 0 aliphatic carbocycles. The van der Waals surface area contributed by atoms with Crippen LogP contribution in [0.15, 0.2) is 66.7 Å². The topological polar surface area (TPSA) is 90.9 Å². The molecule has 3 N–H and O–H groups in total. The highest BCUT2D eigenvalue weighted by Crippen LogP contribution is 2.35. The maximum atomic E-state index is 14.8. The molecule has 0 fully saturated rings. The number of hydrogen-bond acceptors (Lipinski definition) is 6. The fourth-order valence-electron chi connectivity index (χ4n) is 3.86. The van der Waals surface area contributed by atoms with Crippen molar-refractivity contribution in [2.75, 3.05) is 24.7 Å². The first-order chi connectivity index (χ1) is 17.4. The molecule has 7 nitrogen and oxygen atoms in total. The maximum absolute atomic E-state index is 14.8. The van der Waals surface area contributed by atoms with Crippen LogP contribution in [0.25, 0.3) is 28.0 Å². The number of benzene rings is 3. The SMILES string of the molecule is COc1ccc(CCNc2nc(-c3ccccc3F)c3c(N)n(-c4ccc(Cl)c(Cl)c4)nc3n2)cc1. The first-order valence-electron chi connectivity index (χ1n) is 11.1. The van der Waals surface area contributed by atoms with Crippen LogP contribution in [0.1, 0.15) is 5.56 Å². The quantitative estimate of drug-likeness (QED) is 0.265. The zero-order valence-electron chi connectivity index (χ0n) is 19.2. The fraction of sp³-hybridized carbons (Fsp3) is 0.115. The van der Waals surface area contributed by atoms with Crippen molar-refractivity contribution in [1.29, 1.82) is 0 Å². The molecule has 5 aromatic rings. The summed E-state index contributed by atoms with van der Waals surface area (Å²) in [6.45, 7) is 0.553. The van der Waals surface area contributed by atoms with Crippen LogP contribution in [-0.4, -0.2) is 33.4 Å². The number of ether oxygens (including phenoxy) is 1. The van der Waals surface area contributed by atoms with Gasteiger partial charge in [0.2, 0.25) is 5.95 Å². The zero-order valence-corrected chi connectivity index (χ0v) is 20.7. The molecule has 0 saturated carbocycles. The molecule has 5 rings (SSSR count). The van der Waals surface area contributed by atoms with Crippen molar-refractivity contribution in [1.82, 2.24) is 19.7 Å². The van der Waals surface area contributed by atoms with Crippen molar-refractivity contribution in [2.45, 2.75) is 6.42 Å². The third-order valence-electron chi connectivity index (χ3n) is 5.70. The molecule has 0 bridgehead atoms. The minimum absolute atomic E-state index is 0.256. The largest absolute Gasteiger partial charge is 0.497 e. The summed E-state index contributed by atoms with van der Waals surface area (Å²) in [5.74, 6) is 0.938. The molecule has 36 heavy (non-hydrogen) atoms. The predicted octanol–water partition coefficient (Wildman–Crippen LogP) is 6.17. The van der Waals surface area contributed by atoms with Gasteiger partial charge in [-0.1, -0.05) is 47.5 Å². The molecule has 0 spiro atoms. The monoisotopic (exact) mass is 522 g/mol. The Kier molecular flexibility index (Phi) is 6.63. The van der Waals surface area contributed by atoms with Gasteiger partial charge in [-0.25, -0.2) is 14.1 Å². The van der Waals surface area contributed by atoms with E-state index in [1.807, 2.05) is 24.3 Å². The summed E-state index contributed by atoms with van der Waals surface area (Å²) in [5.41, 5.74) is 9.15. The van der Waals surface area contributed by atoms with Gasteiger partial charge in [-0.15, -0.1) is 5.10 Å². The summed E-state index contributed by atoms with van der Waals surface area (Å²) in [6.07, 6.45) is 0.722. The van der Waals surface area contributed by atoms with E-state index >= 15 is 0 Å². The normalized spacial score (nSPS) is 11.1. The van der Waals surface area contributed by atoms with E-state index in [2.05, 4.69) is 20.4 Å². The Morgan fingerprint density at radius 2 is 1.78 bits per heavy atom. The van der Waals surface area contributed by atoms with Gasteiger partial charge in [0.25, 0.3) is 0 Å². The number of nitrogens with one attached hydrogen (secondary N) is 1. The van der Waals surface area contributed by atoms with Crippen molar-refractivity contribution in [3.8, 4) is 22.7 Å². The Balaban J connectivity index is 1.55. The fourth-order valence-corrected chi connectivity index (χ4v) is 4.16. The van der Waals surface area contributed by atoms with Crippen LogP contribution in [0.5, 0.6) is 5.75 Å². The molecule has 0 saturated heterocycles. The van der Waals surface area contributed by atoms with Crippen LogP contribution >= 0.6 is 23.2 Å². The average molecular weight is 523 g/mol. The molecular weight excluding hydrogens is 502 g/mol. The van der Waals surface area contributed by atoms with Crippen LogP contribution in [0.2, 0.25) is 10.0 Å². The van der Waals surface area contributed by atoms with Gasteiger partial charge in [0.1, 0.15) is 17.4 Å². The minimum Gasteiger partial charge on any atom is -0.497 e. The van der Waals surface area contributed by atoms with Crippen LogP contribution in [-0.2, 0) is 6.42 Å². The van der Waals surface area contributed by atoms with Crippen molar-refractivity contribution >= 4 is 46.0 Å². The second-order valence-corrected chi connectivity index (χ2v) is 8.81. The molecule has 10 heteroatoms. The van der Waals surface area contributed by atoms with Gasteiger partial charge < -0.3 is 15.8 Å². The molecule has 0 unspecified atom stereocenters. The average Bonchev–Trinajstić information content (AvgIpc) is 3.22. The number of fused-ring (bicyclic) bond motifs is 1. The van der Waals surface area contributed by atoms with Gasteiger partial charge in [0.15, 0.2) is 5.65 Å². The number of methoxy groups -OCH3 is 1. The van der Waals surface area contributed by atoms with Crippen molar-refractivity contribution in [3.63, 3.8) is 0 Å². The molecule has 0 radical (unpaired) electrons. The Morgan fingerprint density at radius 3 is 2.50 bits per heavy atom. The van der Waals surface area contributed by atoms with Crippen molar-refractivity contribution < 1.29 is 9.13 Å². The summed E-state index contributed by atoms with van der Waals surface area (Å²) in [6, 6.07) is 19.2. The van der Waals surface area contributed by atoms with Crippen molar-refractivity contribution in [2.24, 2.45) is 0 Å². The van der Waals surface area contributed by atoms with E-state index in [1.54, 1.807) is 43.5 Å². The molecule has 182 valence electrons. The Morgan fingerprint density at radius 1 is 1.00 bits per heavy atom. The van der Waals surface area contributed by atoms with Gasteiger partial charge >= 0.3 is 0 Å². The number of aromatic nitrogens is 4. The van der Waals surface area contributed by atoms with E-state index in [1.165, 1.54) is 10.7 Å².